The van der Waals surface area contributed by atoms with Crippen LogP contribution in [0, 0.1) is 0 Å². The van der Waals surface area contributed by atoms with Crippen molar-refractivity contribution in [1.29, 1.82) is 0 Å². The second-order valence-corrected chi connectivity index (χ2v) is 7.33. The summed E-state index contributed by atoms with van der Waals surface area (Å²) in [5.74, 6) is -1.42. The predicted molar refractivity (Wildman–Crippen MR) is 111 cm³/mol. The zero-order valence-electron chi connectivity index (χ0n) is 17.0. The normalized spacial score (nSPS) is 15.6. The molecule has 1 saturated heterocycles. The Hall–Kier alpha value is -2.97. The van der Waals surface area contributed by atoms with Crippen molar-refractivity contribution in [2.45, 2.75) is 45.1 Å². The van der Waals surface area contributed by atoms with E-state index in [1.54, 1.807) is 10.6 Å². The Labute approximate surface area is 174 Å². The molecule has 1 aromatic carbocycles. The molecule has 0 saturated carbocycles. The third-order valence-electron chi connectivity index (χ3n) is 5.32. The van der Waals surface area contributed by atoms with Gasteiger partial charge < -0.3 is 25.0 Å². The molecule has 1 aromatic heterocycles. The van der Waals surface area contributed by atoms with Crippen LogP contribution in [0.3, 0.4) is 0 Å². The molecule has 8 heteroatoms. The highest BCUT2D eigenvalue weighted by Gasteiger charge is 2.34. The fraction of sp³-hybridized carbons (Fsp3) is 0.409. The van der Waals surface area contributed by atoms with Gasteiger partial charge in [-0.1, -0.05) is 30.3 Å². The number of nitrogens with one attached hydrogen (secondary N) is 1. The number of pyridine rings is 1. The fourth-order valence-electron chi connectivity index (χ4n) is 3.59. The number of aliphatic hydroxyl groups is 2. The molecular formula is C22H27N3O5. The van der Waals surface area contributed by atoms with Crippen LogP contribution in [0.25, 0.3) is 11.3 Å². The SMILES string of the molecule is CCn1c(-c2ccc(CNC(=O)C(O)C(O)C(=O)N3CCCC3)cc2)cccc1=O. The van der Waals surface area contributed by atoms with Crippen LogP contribution in [-0.2, 0) is 22.7 Å². The van der Waals surface area contributed by atoms with Crippen molar-refractivity contribution in [1.82, 2.24) is 14.8 Å². The smallest absolute Gasteiger partial charge is 0.254 e. The van der Waals surface area contributed by atoms with Crippen molar-refractivity contribution in [3.63, 3.8) is 0 Å². The minimum absolute atomic E-state index is 0.0673. The van der Waals surface area contributed by atoms with E-state index in [-0.39, 0.29) is 12.1 Å². The molecule has 2 aromatic rings. The molecule has 2 heterocycles. The van der Waals surface area contributed by atoms with E-state index in [0.29, 0.717) is 19.6 Å². The van der Waals surface area contributed by atoms with Gasteiger partial charge in [-0.2, -0.15) is 0 Å². The van der Waals surface area contributed by atoms with Gasteiger partial charge in [0.1, 0.15) is 0 Å². The molecular weight excluding hydrogens is 386 g/mol. The van der Waals surface area contributed by atoms with E-state index in [2.05, 4.69) is 5.32 Å². The first-order valence-corrected chi connectivity index (χ1v) is 10.1. The zero-order chi connectivity index (χ0) is 21.7. The molecule has 8 nitrogen and oxygen atoms in total. The van der Waals surface area contributed by atoms with Crippen molar-refractivity contribution < 1.29 is 19.8 Å². The first-order valence-electron chi connectivity index (χ1n) is 10.1. The zero-order valence-corrected chi connectivity index (χ0v) is 17.0. The summed E-state index contributed by atoms with van der Waals surface area (Å²) in [6.07, 6.45) is -1.88. The Morgan fingerprint density at radius 3 is 2.33 bits per heavy atom. The number of nitrogens with zero attached hydrogens (tertiary/aromatic N) is 2. The number of carbonyl (C=O) groups excluding carboxylic acids is 2. The van der Waals surface area contributed by atoms with Crippen molar-refractivity contribution in [3.05, 3.63) is 58.4 Å². The molecule has 1 aliphatic heterocycles. The lowest BCUT2D eigenvalue weighted by Gasteiger charge is -2.22. The van der Waals surface area contributed by atoms with Gasteiger partial charge in [0, 0.05) is 32.2 Å². The first-order chi connectivity index (χ1) is 14.4. The Morgan fingerprint density at radius 2 is 1.70 bits per heavy atom. The highest BCUT2D eigenvalue weighted by Crippen LogP contribution is 2.18. The summed E-state index contributed by atoms with van der Waals surface area (Å²) < 4.78 is 1.67. The number of hydrogen-bond donors (Lipinski definition) is 3. The second-order valence-electron chi connectivity index (χ2n) is 7.33. The van der Waals surface area contributed by atoms with Gasteiger partial charge in [0.15, 0.2) is 12.2 Å². The van der Waals surface area contributed by atoms with Gasteiger partial charge in [-0.15, -0.1) is 0 Å². The topological polar surface area (TPSA) is 112 Å². The lowest BCUT2D eigenvalue weighted by Crippen LogP contribution is -2.50. The van der Waals surface area contributed by atoms with Gasteiger partial charge in [-0.3, -0.25) is 14.4 Å². The third kappa shape index (κ3) is 4.77. The minimum Gasteiger partial charge on any atom is -0.380 e. The summed E-state index contributed by atoms with van der Waals surface area (Å²) in [7, 11) is 0. The van der Waals surface area contributed by atoms with E-state index in [4.69, 9.17) is 0 Å². The second kappa shape index (κ2) is 9.69. The maximum Gasteiger partial charge on any atom is 0.254 e. The van der Waals surface area contributed by atoms with Gasteiger partial charge in [0.2, 0.25) is 0 Å². The van der Waals surface area contributed by atoms with Crippen molar-refractivity contribution in [2.75, 3.05) is 13.1 Å². The molecule has 0 aliphatic carbocycles. The van der Waals surface area contributed by atoms with Crippen LogP contribution in [0.1, 0.15) is 25.3 Å². The monoisotopic (exact) mass is 413 g/mol. The average molecular weight is 413 g/mol. The summed E-state index contributed by atoms with van der Waals surface area (Å²) in [6, 6.07) is 12.4. The lowest BCUT2D eigenvalue weighted by atomic mass is 10.1. The lowest BCUT2D eigenvalue weighted by molar-refractivity contribution is -0.152. The standard InChI is InChI=1S/C22H27N3O5/c1-2-25-17(6-5-7-18(25)26)16-10-8-15(9-11-16)14-23-21(29)19(27)20(28)22(30)24-12-3-4-13-24/h5-11,19-20,27-28H,2-4,12-14H2,1H3,(H,23,29). The molecule has 1 fully saturated rings. The predicted octanol–water partition coefficient (Wildman–Crippen LogP) is 0.496. The number of aliphatic hydroxyl groups excluding tert-OH is 2. The van der Waals surface area contributed by atoms with E-state index in [1.165, 1.54) is 11.0 Å². The van der Waals surface area contributed by atoms with Crippen LogP contribution >= 0.6 is 0 Å². The molecule has 2 atom stereocenters. The highest BCUT2D eigenvalue weighted by atomic mass is 16.3. The first kappa shape index (κ1) is 21.7. The maximum atomic E-state index is 12.2. The highest BCUT2D eigenvalue weighted by molar-refractivity contribution is 5.90. The molecule has 3 rings (SSSR count). The number of amides is 2. The van der Waals surface area contributed by atoms with E-state index in [1.807, 2.05) is 37.3 Å². The molecule has 0 radical (unpaired) electrons. The molecule has 3 N–H and O–H groups in total. The number of carbonyl (C=O) groups is 2. The molecule has 0 bridgehead atoms. The van der Waals surface area contributed by atoms with Gasteiger partial charge in [0.05, 0.1) is 5.69 Å². The van der Waals surface area contributed by atoms with Gasteiger partial charge in [-0.25, -0.2) is 0 Å². The molecule has 1 aliphatic rings. The summed E-state index contributed by atoms with van der Waals surface area (Å²) in [4.78, 5) is 37.7. The number of aromatic nitrogens is 1. The Kier molecular flexibility index (Phi) is 7.02. The van der Waals surface area contributed by atoms with Crippen LogP contribution in [0.5, 0.6) is 0 Å². The van der Waals surface area contributed by atoms with Crippen LogP contribution in [0.15, 0.2) is 47.3 Å². The quantitative estimate of drug-likeness (QED) is 0.612. The Bertz CT molecular complexity index is 948. The van der Waals surface area contributed by atoms with E-state index in [0.717, 1.165) is 29.7 Å². The van der Waals surface area contributed by atoms with Crippen LogP contribution < -0.4 is 10.9 Å². The van der Waals surface area contributed by atoms with Crippen molar-refractivity contribution in [2.24, 2.45) is 0 Å². The molecule has 30 heavy (non-hydrogen) atoms. The number of benzene rings is 1. The molecule has 0 spiro atoms. The Morgan fingerprint density at radius 1 is 1.03 bits per heavy atom. The van der Waals surface area contributed by atoms with Crippen molar-refractivity contribution >= 4 is 11.8 Å². The third-order valence-corrected chi connectivity index (χ3v) is 5.32. The van der Waals surface area contributed by atoms with Gasteiger partial charge >= 0.3 is 0 Å². The van der Waals surface area contributed by atoms with Crippen LogP contribution in [-0.4, -0.2) is 56.8 Å². The largest absolute Gasteiger partial charge is 0.380 e. The fourth-order valence-corrected chi connectivity index (χ4v) is 3.59. The maximum absolute atomic E-state index is 12.2. The van der Waals surface area contributed by atoms with Crippen molar-refractivity contribution in [3.8, 4) is 11.3 Å². The average Bonchev–Trinajstić information content (AvgIpc) is 3.31. The molecule has 2 amide bonds. The minimum atomic E-state index is -1.82. The van der Waals surface area contributed by atoms with E-state index >= 15 is 0 Å². The summed E-state index contributed by atoms with van der Waals surface area (Å²) in [6.45, 7) is 3.66. The van der Waals surface area contributed by atoms with E-state index in [9.17, 15) is 24.6 Å². The Balaban J connectivity index is 1.59. The van der Waals surface area contributed by atoms with Crippen LogP contribution in [0.4, 0.5) is 0 Å². The summed E-state index contributed by atoms with van der Waals surface area (Å²) in [5.41, 5.74) is 2.39. The summed E-state index contributed by atoms with van der Waals surface area (Å²) in [5, 5.41) is 22.6. The number of rotatable bonds is 7. The number of hydrogen-bond acceptors (Lipinski definition) is 5. The van der Waals surface area contributed by atoms with Gasteiger partial charge in [-0.05, 0) is 37.0 Å². The molecule has 2 unspecified atom stereocenters. The number of likely N-dealkylation sites (tertiary alicyclic amines) is 1. The molecule has 160 valence electrons. The van der Waals surface area contributed by atoms with Gasteiger partial charge in [0.25, 0.3) is 17.4 Å². The van der Waals surface area contributed by atoms with E-state index < -0.39 is 24.0 Å². The summed E-state index contributed by atoms with van der Waals surface area (Å²) >= 11 is 0. The van der Waals surface area contributed by atoms with Crippen LogP contribution in [0.2, 0.25) is 0 Å².